The van der Waals surface area contributed by atoms with Crippen molar-refractivity contribution < 1.29 is 23.2 Å². The van der Waals surface area contributed by atoms with Gasteiger partial charge in [0.05, 0.1) is 12.0 Å². The number of carbonyl (C=O) groups is 1. The van der Waals surface area contributed by atoms with Gasteiger partial charge >= 0.3 is 0 Å². The first kappa shape index (κ1) is 27.0. The predicted molar refractivity (Wildman–Crippen MR) is 127 cm³/mol. The average molecular weight is 498 g/mol. The summed E-state index contributed by atoms with van der Waals surface area (Å²) < 4.78 is 34.0. The fourth-order valence-corrected chi connectivity index (χ4v) is 5.97. The van der Waals surface area contributed by atoms with Gasteiger partial charge in [-0.05, 0) is 60.7 Å². The molecule has 1 fully saturated rings. The summed E-state index contributed by atoms with van der Waals surface area (Å²) in [5, 5.41) is 9.53. The summed E-state index contributed by atoms with van der Waals surface area (Å²) in [7, 11) is -2.55. The van der Waals surface area contributed by atoms with Gasteiger partial charge in [0.15, 0.2) is 0 Å². The summed E-state index contributed by atoms with van der Waals surface area (Å²) in [6.07, 6.45) is 9.73. The number of hydroxylamine groups is 1. The van der Waals surface area contributed by atoms with Gasteiger partial charge < -0.3 is 4.74 Å². The van der Waals surface area contributed by atoms with Crippen molar-refractivity contribution in [3.63, 3.8) is 0 Å². The molecule has 33 heavy (non-hydrogen) atoms. The predicted octanol–water partition coefficient (Wildman–Crippen LogP) is 3.94. The van der Waals surface area contributed by atoms with Crippen LogP contribution in [0, 0.1) is 5.92 Å². The Kier molecular flexibility index (Phi) is 10.6. The van der Waals surface area contributed by atoms with E-state index < -0.39 is 22.0 Å². The van der Waals surface area contributed by atoms with Crippen molar-refractivity contribution in [3.8, 4) is 5.75 Å². The van der Waals surface area contributed by atoms with Crippen LogP contribution >= 0.6 is 12.4 Å². The summed E-state index contributed by atoms with van der Waals surface area (Å²) >= 11 is 0. The number of benzene rings is 1. The second-order valence-electron chi connectivity index (χ2n) is 8.11. The molecule has 1 atom stereocenters. The molecule has 3 rings (SSSR count). The molecule has 0 radical (unpaired) electrons. The maximum atomic E-state index is 13.8. The van der Waals surface area contributed by atoms with Crippen LogP contribution in [0.2, 0.25) is 0 Å². The van der Waals surface area contributed by atoms with Crippen LogP contribution in [0.5, 0.6) is 5.75 Å². The van der Waals surface area contributed by atoms with Gasteiger partial charge in [0.2, 0.25) is 10.0 Å². The Bertz CT molecular complexity index is 965. The molecule has 1 saturated carbocycles. The minimum atomic E-state index is -4.06. The Morgan fingerprint density at radius 1 is 1.09 bits per heavy atom. The Morgan fingerprint density at radius 3 is 2.21 bits per heavy atom. The Morgan fingerprint density at radius 2 is 1.67 bits per heavy atom. The number of methoxy groups -OCH3 is 1. The van der Waals surface area contributed by atoms with Crippen LogP contribution in [0.1, 0.15) is 50.5 Å². The lowest BCUT2D eigenvalue weighted by Gasteiger charge is -2.35. The summed E-state index contributed by atoms with van der Waals surface area (Å²) in [6.45, 7) is -0.00846. The average Bonchev–Trinajstić information content (AvgIpc) is 2.80. The maximum absolute atomic E-state index is 13.8. The van der Waals surface area contributed by atoms with Crippen molar-refractivity contribution >= 4 is 28.3 Å². The quantitative estimate of drug-likeness (QED) is 0.422. The van der Waals surface area contributed by atoms with Gasteiger partial charge in [-0.3, -0.25) is 15.0 Å². The number of ether oxygens (including phenoxy) is 1. The first-order valence-electron chi connectivity index (χ1n) is 11.0. The highest BCUT2D eigenvalue weighted by atomic mass is 35.5. The van der Waals surface area contributed by atoms with Gasteiger partial charge in [-0.25, -0.2) is 13.9 Å². The monoisotopic (exact) mass is 497 g/mol. The Hall–Kier alpha value is -2.20. The fourth-order valence-electron chi connectivity index (χ4n) is 4.33. The highest BCUT2D eigenvalue weighted by Crippen LogP contribution is 2.32. The number of nitrogens with one attached hydrogen (secondary N) is 1. The SMILES string of the molecule is COc1ccc(S(=O)(=O)N(Cc2ccncc2)[C@@H](C(=O)NO)C2CCCCCCC2)cc1.Cl. The molecular weight excluding hydrogens is 466 g/mol. The van der Waals surface area contributed by atoms with E-state index in [0.29, 0.717) is 11.3 Å². The largest absolute Gasteiger partial charge is 0.497 e. The van der Waals surface area contributed by atoms with Crippen LogP contribution < -0.4 is 10.2 Å². The smallest absolute Gasteiger partial charge is 0.262 e. The zero-order valence-electron chi connectivity index (χ0n) is 18.7. The van der Waals surface area contributed by atoms with Crippen LogP contribution in [0.25, 0.3) is 0 Å². The van der Waals surface area contributed by atoms with Crippen LogP contribution in [0.4, 0.5) is 0 Å². The van der Waals surface area contributed by atoms with Crippen molar-refractivity contribution in [2.45, 2.75) is 62.4 Å². The molecule has 1 heterocycles. The zero-order chi connectivity index (χ0) is 23.0. The fraction of sp³-hybridized carbons (Fsp3) is 0.478. The van der Waals surface area contributed by atoms with E-state index in [-0.39, 0.29) is 29.8 Å². The van der Waals surface area contributed by atoms with Crippen LogP contribution in [-0.4, -0.2) is 42.0 Å². The summed E-state index contributed by atoms with van der Waals surface area (Å²) in [5.41, 5.74) is 2.44. The van der Waals surface area contributed by atoms with Gasteiger partial charge in [-0.1, -0.05) is 32.1 Å². The van der Waals surface area contributed by atoms with Crippen molar-refractivity contribution in [3.05, 3.63) is 54.4 Å². The van der Waals surface area contributed by atoms with E-state index in [4.69, 9.17) is 4.74 Å². The van der Waals surface area contributed by atoms with E-state index >= 15 is 0 Å². The van der Waals surface area contributed by atoms with E-state index in [1.165, 1.54) is 23.5 Å². The molecule has 0 saturated heterocycles. The minimum Gasteiger partial charge on any atom is -0.497 e. The maximum Gasteiger partial charge on any atom is 0.262 e. The van der Waals surface area contributed by atoms with Crippen LogP contribution in [-0.2, 0) is 21.4 Å². The van der Waals surface area contributed by atoms with Crippen LogP contribution in [0.3, 0.4) is 0 Å². The number of hydrogen-bond acceptors (Lipinski definition) is 6. The lowest BCUT2D eigenvalue weighted by molar-refractivity contribution is -0.135. The molecule has 0 bridgehead atoms. The number of carbonyl (C=O) groups excluding carboxylic acids is 1. The molecule has 1 aromatic carbocycles. The number of amides is 1. The molecule has 0 aliphatic heterocycles. The number of aromatic nitrogens is 1. The first-order chi connectivity index (χ1) is 15.5. The number of rotatable bonds is 8. The molecule has 1 aromatic heterocycles. The number of sulfonamides is 1. The lowest BCUT2D eigenvalue weighted by Crippen LogP contribution is -2.52. The molecule has 8 nitrogen and oxygen atoms in total. The third kappa shape index (κ3) is 6.89. The molecule has 10 heteroatoms. The molecule has 0 spiro atoms. The Balaban J connectivity index is 0.00000385. The molecule has 2 aromatic rings. The van der Waals surface area contributed by atoms with Crippen molar-refractivity contribution in [2.24, 2.45) is 5.92 Å². The van der Waals surface area contributed by atoms with Gasteiger partial charge in [0.1, 0.15) is 11.8 Å². The molecule has 182 valence electrons. The van der Waals surface area contributed by atoms with Crippen molar-refractivity contribution in [1.29, 1.82) is 0 Å². The van der Waals surface area contributed by atoms with Gasteiger partial charge in [-0.2, -0.15) is 4.31 Å². The highest BCUT2D eigenvalue weighted by molar-refractivity contribution is 7.89. The van der Waals surface area contributed by atoms with Crippen LogP contribution in [0.15, 0.2) is 53.7 Å². The van der Waals surface area contributed by atoms with E-state index in [0.717, 1.165) is 44.9 Å². The number of halogens is 1. The molecular formula is C23H32ClN3O5S. The molecule has 0 unspecified atom stereocenters. The van der Waals surface area contributed by atoms with E-state index in [2.05, 4.69) is 4.98 Å². The first-order valence-corrected chi connectivity index (χ1v) is 12.4. The number of pyridine rings is 1. The van der Waals surface area contributed by atoms with Crippen molar-refractivity contribution in [2.75, 3.05) is 7.11 Å². The molecule has 1 aliphatic carbocycles. The number of hydrogen-bond donors (Lipinski definition) is 2. The van der Waals surface area contributed by atoms with E-state index in [1.807, 2.05) is 0 Å². The number of nitrogens with zero attached hydrogens (tertiary/aromatic N) is 2. The molecule has 2 N–H and O–H groups in total. The van der Waals surface area contributed by atoms with Gasteiger partial charge in [-0.15, -0.1) is 12.4 Å². The van der Waals surface area contributed by atoms with E-state index in [9.17, 15) is 18.4 Å². The third-order valence-electron chi connectivity index (χ3n) is 6.04. The van der Waals surface area contributed by atoms with Gasteiger partial charge in [0.25, 0.3) is 5.91 Å². The summed E-state index contributed by atoms with van der Waals surface area (Å²) in [6, 6.07) is 8.52. The van der Waals surface area contributed by atoms with Crippen molar-refractivity contribution in [1.82, 2.24) is 14.8 Å². The standard InChI is InChI=1S/C23H31N3O5S.ClH/c1-31-20-9-11-21(12-10-20)32(29,30)26(17-18-13-15-24-16-14-18)22(23(27)25-28)19-7-5-3-2-4-6-8-19;/h9-16,19,22,28H,2-8,17H2,1H3,(H,25,27);1H/t22-;/m1./s1. The summed E-state index contributed by atoms with van der Waals surface area (Å²) in [5.74, 6) is -0.367. The minimum absolute atomic E-state index is 0. The van der Waals surface area contributed by atoms with Gasteiger partial charge in [0, 0.05) is 18.9 Å². The second-order valence-corrected chi connectivity index (χ2v) is 10.00. The lowest BCUT2D eigenvalue weighted by atomic mass is 9.85. The zero-order valence-corrected chi connectivity index (χ0v) is 20.4. The molecule has 1 aliphatic rings. The summed E-state index contributed by atoms with van der Waals surface area (Å²) in [4.78, 5) is 17.0. The second kappa shape index (κ2) is 12.9. The molecule has 1 amide bonds. The third-order valence-corrected chi connectivity index (χ3v) is 7.88. The Labute approximate surface area is 201 Å². The normalized spacial score (nSPS) is 16.2. The van der Waals surface area contributed by atoms with E-state index in [1.54, 1.807) is 42.1 Å². The highest BCUT2D eigenvalue weighted by Gasteiger charge is 2.40. The topological polar surface area (TPSA) is 109 Å².